The van der Waals surface area contributed by atoms with Gasteiger partial charge >= 0.3 is 5.97 Å². The number of thioether (sulfide) groups is 1. The number of aryl methyl sites for hydroxylation is 1. The first-order valence-electron chi connectivity index (χ1n) is 9.65. The van der Waals surface area contributed by atoms with E-state index in [-0.39, 0.29) is 23.2 Å². The van der Waals surface area contributed by atoms with Crippen LogP contribution in [0.5, 0.6) is 0 Å². The van der Waals surface area contributed by atoms with Crippen LogP contribution in [-0.2, 0) is 20.9 Å². The van der Waals surface area contributed by atoms with E-state index in [1.807, 2.05) is 37.5 Å². The lowest BCUT2D eigenvalue weighted by Gasteiger charge is -2.29. The Morgan fingerprint density at radius 3 is 2.90 bits per heavy atom. The number of aromatic nitrogens is 1. The van der Waals surface area contributed by atoms with Crippen molar-refractivity contribution in [2.45, 2.75) is 51.1 Å². The largest absolute Gasteiger partial charge is 0.467 e. The van der Waals surface area contributed by atoms with Crippen LogP contribution < -0.4 is 0 Å². The van der Waals surface area contributed by atoms with Gasteiger partial charge in [0.15, 0.2) is 6.61 Å². The van der Waals surface area contributed by atoms with Crippen LogP contribution in [0.15, 0.2) is 28.9 Å². The highest BCUT2D eigenvalue weighted by molar-refractivity contribution is 8.01. The first kappa shape index (κ1) is 19.8. The lowest BCUT2D eigenvalue weighted by molar-refractivity contribution is -0.152. The van der Waals surface area contributed by atoms with Crippen molar-refractivity contribution in [3.63, 3.8) is 0 Å². The molecule has 2 atom stereocenters. The first-order valence-corrected chi connectivity index (χ1v) is 10.6. The molecule has 0 spiro atoms. The molecule has 0 N–H and O–H groups in total. The summed E-state index contributed by atoms with van der Waals surface area (Å²) in [6.45, 7) is 5.98. The van der Waals surface area contributed by atoms with Crippen molar-refractivity contribution in [2.75, 3.05) is 12.4 Å². The molecule has 8 heteroatoms. The molecule has 1 amide bonds. The fourth-order valence-corrected chi connectivity index (χ4v) is 5.61. The minimum atomic E-state index is -0.612. The normalized spacial score (nSPS) is 23.5. The third kappa shape index (κ3) is 3.50. The molecule has 0 bridgehead atoms. The molecule has 154 valence electrons. The van der Waals surface area contributed by atoms with Gasteiger partial charge < -0.3 is 18.6 Å². The number of ether oxygens (including phenoxy) is 1. The topological polar surface area (TPSA) is 81.8 Å². The van der Waals surface area contributed by atoms with Crippen LogP contribution in [0.1, 0.15) is 47.3 Å². The Kier molecular flexibility index (Phi) is 5.06. The van der Waals surface area contributed by atoms with Crippen molar-refractivity contribution in [2.24, 2.45) is 0 Å². The number of fused-ring (bicyclic) bond motifs is 1. The number of carbonyl (C=O) groups is 3. The monoisotopic (exact) mass is 416 g/mol. The molecule has 2 aromatic heterocycles. The predicted octanol–water partition coefficient (Wildman–Crippen LogP) is 2.93. The van der Waals surface area contributed by atoms with Gasteiger partial charge in [-0.3, -0.25) is 9.59 Å². The van der Waals surface area contributed by atoms with Crippen LogP contribution in [0.4, 0.5) is 0 Å². The van der Waals surface area contributed by atoms with Gasteiger partial charge in [-0.2, -0.15) is 0 Å². The van der Waals surface area contributed by atoms with Crippen LogP contribution in [0.2, 0.25) is 0 Å². The molecule has 7 nitrogen and oxygen atoms in total. The van der Waals surface area contributed by atoms with Crippen LogP contribution in [-0.4, -0.2) is 50.4 Å². The maximum atomic E-state index is 12.7. The molecule has 0 aliphatic carbocycles. The van der Waals surface area contributed by atoms with E-state index >= 15 is 0 Å². The lowest BCUT2D eigenvalue weighted by Crippen LogP contribution is -2.46. The van der Waals surface area contributed by atoms with Gasteiger partial charge in [-0.1, -0.05) is 0 Å². The molecule has 29 heavy (non-hydrogen) atoms. The number of hydrogen-bond acceptors (Lipinski definition) is 6. The third-order valence-electron chi connectivity index (χ3n) is 5.83. The summed E-state index contributed by atoms with van der Waals surface area (Å²) in [6.07, 6.45) is 2.81. The molecular weight excluding hydrogens is 392 g/mol. The van der Waals surface area contributed by atoms with E-state index in [0.29, 0.717) is 24.3 Å². The van der Waals surface area contributed by atoms with Gasteiger partial charge in [0.25, 0.3) is 0 Å². The van der Waals surface area contributed by atoms with Gasteiger partial charge in [0.2, 0.25) is 11.7 Å². The van der Waals surface area contributed by atoms with E-state index in [4.69, 9.17) is 9.15 Å². The Balaban J connectivity index is 1.41. The molecular formula is C21H24N2O5S. The number of furan rings is 1. The van der Waals surface area contributed by atoms with E-state index in [1.54, 1.807) is 29.0 Å². The zero-order valence-corrected chi connectivity index (χ0v) is 17.6. The second-order valence-corrected chi connectivity index (χ2v) is 9.25. The molecule has 0 radical (unpaired) electrons. The summed E-state index contributed by atoms with van der Waals surface area (Å²) in [5.74, 6) is 0.529. The smallest absolute Gasteiger partial charge is 0.330 e. The fourth-order valence-electron chi connectivity index (χ4n) is 4.19. The van der Waals surface area contributed by atoms with E-state index < -0.39 is 12.0 Å². The van der Waals surface area contributed by atoms with Crippen molar-refractivity contribution in [1.29, 1.82) is 0 Å². The fraction of sp³-hybridized carbons (Fsp3) is 0.476. The standard InChI is InChI=1S/C21H24N2O5S/c1-13-9-16(14(2)22(13)10-15-5-4-8-27-15)18(24)11-28-20(26)17-12-29-21(3)7-6-19(25)23(17)21/h4-5,8-9,17H,6-7,10-12H2,1-3H3/t17-,21-/m1/s1. The summed E-state index contributed by atoms with van der Waals surface area (Å²) in [7, 11) is 0. The van der Waals surface area contributed by atoms with E-state index in [1.165, 1.54) is 0 Å². The number of ketones is 1. The number of carbonyl (C=O) groups excluding carboxylic acids is 3. The van der Waals surface area contributed by atoms with Gasteiger partial charge in [-0.05, 0) is 45.4 Å². The quantitative estimate of drug-likeness (QED) is 0.532. The highest BCUT2D eigenvalue weighted by Crippen LogP contribution is 2.47. The van der Waals surface area contributed by atoms with Crippen LogP contribution in [0.3, 0.4) is 0 Å². The molecule has 2 aliphatic heterocycles. The highest BCUT2D eigenvalue weighted by atomic mass is 32.2. The summed E-state index contributed by atoms with van der Waals surface area (Å²) < 4.78 is 12.7. The third-order valence-corrected chi connectivity index (χ3v) is 7.34. The Morgan fingerprint density at radius 2 is 2.17 bits per heavy atom. The Hall–Kier alpha value is -2.48. The average Bonchev–Trinajstić information content (AvgIpc) is 3.43. The summed E-state index contributed by atoms with van der Waals surface area (Å²) in [5.41, 5.74) is 2.27. The number of esters is 1. The van der Waals surface area contributed by atoms with Gasteiger partial charge in [0.05, 0.1) is 17.7 Å². The minimum absolute atomic E-state index is 0.0211. The molecule has 4 heterocycles. The number of nitrogens with zero attached hydrogens (tertiary/aromatic N) is 2. The van der Waals surface area contributed by atoms with Crippen LogP contribution in [0, 0.1) is 13.8 Å². The second kappa shape index (κ2) is 7.40. The Morgan fingerprint density at radius 1 is 1.38 bits per heavy atom. The maximum Gasteiger partial charge on any atom is 0.330 e. The average molecular weight is 416 g/mol. The first-order chi connectivity index (χ1) is 13.8. The van der Waals surface area contributed by atoms with E-state index in [2.05, 4.69) is 0 Å². The molecule has 0 saturated carbocycles. The van der Waals surface area contributed by atoms with E-state index in [9.17, 15) is 14.4 Å². The lowest BCUT2D eigenvalue weighted by atomic mass is 10.1. The van der Waals surface area contributed by atoms with Gasteiger partial charge in [0.1, 0.15) is 11.8 Å². The Bertz CT molecular complexity index is 964. The minimum Gasteiger partial charge on any atom is -0.467 e. The molecule has 0 unspecified atom stereocenters. The van der Waals surface area contributed by atoms with Crippen molar-refractivity contribution < 1.29 is 23.5 Å². The predicted molar refractivity (Wildman–Crippen MR) is 108 cm³/mol. The molecule has 2 fully saturated rings. The van der Waals surface area contributed by atoms with Crippen molar-refractivity contribution in [3.05, 3.63) is 47.2 Å². The summed E-state index contributed by atoms with van der Waals surface area (Å²) in [5, 5.41) is 0. The van der Waals surface area contributed by atoms with Gasteiger partial charge in [0, 0.05) is 29.1 Å². The second-order valence-electron chi connectivity index (χ2n) is 7.75. The molecule has 2 aromatic rings. The maximum absolute atomic E-state index is 12.7. The molecule has 0 aromatic carbocycles. The molecule has 4 rings (SSSR count). The number of hydrogen-bond donors (Lipinski definition) is 0. The summed E-state index contributed by atoms with van der Waals surface area (Å²) >= 11 is 1.60. The van der Waals surface area contributed by atoms with Gasteiger partial charge in [-0.15, -0.1) is 11.8 Å². The van der Waals surface area contributed by atoms with Crippen molar-refractivity contribution in [3.8, 4) is 0 Å². The number of amides is 1. The zero-order valence-electron chi connectivity index (χ0n) is 16.8. The molecule has 2 aliphatic rings. The highest BCUT2D eigenvalue weighted by Gasteiger charge is 2.53. The number of rotatable bonds is 6. The van der Waals surface area contributed by atoms with Gasteiger partial charge in [-0.25, -0.2) is 4.79 Å². The van der Waals surface area contributed by atoms with Crippen LogP contribution >= 0.6 is 11.8 Å². The van der Waals surface area contributed by atoms with Crippen molar-refractivity contribution in [1.82, 2.24) is 9.47 Å². The summed E-state index contributed by atoms with van der Waals surface area (Å²) in [6, 6.07) is 4.90. The summed E-state index contributed by atoms with van der Waals surface area (Å²) in [4.78, 5) is 38.8. The molecule has 2 saturated heterocycles. The van der Waals surface area contributed by atoms with E-state index in [0.717, 1.165) is 23.6 Å². The SMILES string of the molecule is Cc1cc(C(=O)COC(=O)[C@H]2CS[C@]3(C)CCC(=O)N23)c(C)n1Cc1ccco1. The van der Waals surface area contributed by atoms with Crippen LogP contribution in [0.25, 0.3) is 0 Å². The van der Waals surface area contributed by atoms with Crippen molar-refractivity contribution >= 4 is 29.4 Å². The Labute approximate surface area is 173 Å². The number of Topliss-reactive ketones (excluding diaryl/α,β-unsaturated/α-hetero) is 1. The zero-order chi connectivity index (χ0) is 20.8.